The highest BCUT2D eigenvalue weighted by atomic mass is 16.5. The molecule has 1 aromatic heterocycles. The number of benzene rings is 1. The SMILES string of the molecule is CCOc1ccc(NC(=O)c2cc(C(C)C)nc(N3CCCCCC3)n2)cc1. The average molecular weight is 383 g/mol. The first kappa shape index (κ1) is 20.1. The molecule has 0 aliphatic carbocycles. The number of ether oxygens (including phenoxy) is 1. The van der Waals surface area contributed by atoms with Gasteiger partial charge in [0.2, 0.25) is 5.95 Å². The topological polar surface area (TPSA) is 67.3 Å². The molecule has 6 nitrogen and oxygen atoms in total. The van der Waals surface area contributed by atoms with E-state index in [4.69, 9.17) is 9.72 Å². The molecule has 1 aliphatic heterocycles. The highest BCUT2D eigenvalue weighted by Crippen LogP contribution is 2.21. The lowest BCUT2D eigenvalue weighted by molar-refractivity contribution is 0.102. The predicted octanol–water partition coefficient (Wildman–Crippen LogP) is 4.63. The summed E-state index contributed by atoms with van der Waals surface area (Å²) in [5.41, 5.74) is 2.02. The Hall–Kier alpha value is -2.63. The third-order valence-corrected chi connectivity index (χ3v) is 4.87. The number of nitrogens with zero attached hydrogens (tertiary/aromatic N) is 3. The van der Waals surface area contributed by atoms with E-state index in [1.54, 1.807) is 6.07 Å². The maximum absolute atomic E-state index is 12.9. The third kappa shape index (κ3) is 5.21. The van der Waals surface area contributed by atoms with Crippen molar-refractivity contribution >= 4 is 17.5 Å². The van der Waals surface area contributed by atoms with Gasteiger partial charge in [0.05, 0.1) is 6.61 Å². The van der Waals surface area contributed by atoms with Crippen LogP contribution in [0.4, 0.5) is 11.6 Å². The molecule has 28 heavy (non-hydrogen) atoms. The van der Waals surface area contributed by atoms with Crippen molar-refractivity contribution in [2.45, 2.75) is 52.4 Å². The normalized spacial score (nSPS) is 14.6. The fourth-order valence-electron chi connectivity index (χ4n) is 3.27. The second-order valence-electron chi connectivity index (χ2n) is 7.45. The monoisotopic (exact) mass is 382 g/mol. The van der Waals surface area contributed by atoms with Gasteiger partial charge in [-0.25, -0.2) is 9.97 Å². The van der Waals surface area contributed by atoms with Gasteiger partial charge in [0.25, 0.3) is 5.91 Å². The zero-order valence-electron chi connectivity index (χ0n) is 17.1. The molecular weight excluding hydrogens is 352 g/mol. The molecule has 2 aromatic rings. The number of hydrogen-bond acceptors (Lipinski definition) is 5. The van der Waals surface area contributed by atoms with Gasteiger partial charge in [0.15, 0.2) is 0 Å². The van der Waals surface area contributed by atoms with Gasteiger partial charge >= 0.3 is 0 Å². The van der Waals surface area contributed by atoms with Crippen molar-refractivity contribution in [2.75, 3.05) is 29.9 Å². The van der Waals surface area contributed by atoms with E-state index in [9.17, 15) is 4.79 Å². The quantitative estimate of drug-likeness (QED) is 0.789. The van der Waals surface area contributed by atoms with Gasteiger partial charge in [0, 0.05) is 24.5 Å². The van der Waals surface area contributed by atoms with Crippen LogP contribution in [0.15, 0.2) is 30.3 Å². The summed E-state index contributed by atoms with van der Waals surface area (Å²) in [4.78, 5) is 24.4. The zero-order valence-corrected chi connectivity index (χ0v) is 17.1. The molecule has 0 unspecified atom stereocenters. The molecule has 0 spiro atoms. The molecule has 0 saturated carbocycles. The van der Waals surface area contributed by atoms with Crippen molar-refractivity contribution < 1.29 is 9.53 Å². The number of anilines is 2. The lowest BCUT2D eigenvalue weighted by Crippen LogP contribution is -2.28. The van der Waals surface area contributed by atoms with Crippen LogP contribution in [-0.4, -0.2) is 35.6 Å². The summed E-state index contributed by atoms with van der Waals surface area (Å²) in [6, 6.07) is 9.17. The summed E-state index contributed by atoms with van der Waals surface area (Å²) in [6.07, 6.45) is 4.77. The van der Waals surface area contributed by atoms with E-state index in [0.717, 1.165) is 43.1 Å². The molecule has 0 atom stereocenters. The Labute approximate surface area is 167 Å². The number of aromatic nitrogens is 2. The van der Waals surface area contributed by atoms with Crippen LogP contribution >= 0.6 is 0 Å². The second kappa shape index (κ2) is 9.53. The molecule has 1 aliphatic rings. The smallest absolute Gasteiger partial charge is 0.274 e. The molecule has 1 fully saturated rings. The summed E-state index contributed by atoms with van der Waals surface area (Å²) >= 11 is 0. The van der Waals surface area contributed by atoms with Gasteiger partial charge in [-0.1, -0.05) is 26.7 Å². The summed E-state index contributed by atoms with van der Waals surface area (Å²) in [5.74, 6) is 1.47. The molecule has 0 radical (unpaired) electrons. The van der Waals surface area contributed by atoms with E-state index in [2.05, 4.69) is 29.0 Å². The third-order valence-electron chi connectivity index (χ3n) is 4.87. The van der Waals surface area contributed by atoms with Gasteiger partial charge in [-0.05, 0) is 56.0 Å². The maximum Gasteiger partial charge on any atom is 0.274 e. The molecular formula is C22H30N4O2. The zero-order chi connectivity index (χ0) is 19.9. The summed E-state index contributed by atoms with van der Waals surface area (Å²) in [6.45, 7) is 8.62. The van der Waals surface area contributed by atoms with E-state index in [-0.39, 0.29) is 11.8 Å². The molecule has 0 bridgehead atoms. The van der Waals surface area contributed by atoms with Crippen LogP contribution in [0.25, 0.3) is 0 Å². The van der Waals surface area contributed by atoms with Crippen LogP contribution in [0.2, 0.25) is 0 Å². The van der Waals surface area contributed by atoms with Crippen LogP contribution in [0, 0.1) is 0 Å². The van der Waals surface area contributed by atoms with Crippen LogP contribution in [-0.2, 0) is 0 Å². The maximum atomic E-state index is 12.9. The van der Waals surface area contributed by atoms with Crippen LogP contribution in [0.1, 0.15) is 68.6 Å². The van der Waals surface area contributed by atoms with E-state index in [1.165, 1.54) is 12.8 Å². The Morgan fingerprint density at radius 2 is 1.79 bits per heavy atom. The van der Waals surface area contributed by atoms with Crippen molar-refractivity contribution in [1.29, 1.82) is 0 Å². The fourth-order valence-corrected chi connectivity index (χ4v) is 3.27. The van der Waals surface area contributed by atoms with Gasteiger partial charge in [-0.2, -0.15) is 0 Å². The van der Waals surface area contributed by atoms with Crippen molar-refractivity contribution in [3.8, 4) is 5.75 Å². The molecule has 2 heterocycles. The van der Waals surface area contributed by atoms with E-state index >= 15 is 0 Å². The molecule has 1 saturated heterocycles. The average Bonchev–Trinajstić information content (AvgIpc) is 2.99. The molecule has 1 aromatic carbocycles. The molecule has 6 heteroatoms. The Balaban J connectivity index is 1.81. The van der Waals surface area contributed by atoms with Crippen LogP contribution < -0.4 is 15.0 Å². The lowest BCUT2D eigenvalue weighted by Gasteiger charge is -2.22. The largest absolute Gasteiger partial charge is 0.494 e. The molecule has 150 valence electrons. The van der Waals surface area contributed by atoms with E-state index in [1.807, 2.05) is 31.2 Å². The Morgan fingerprint density at radius 1 is 1.11 bits per heavy atom. The van der Waals surface area contributed by atoms with Crippen LogP contribution in [0.3, 0.4) is 0 Å². The van der Waals surface area contributed by atoms with Crippen molar-refractivity contribution in [3.05, 3.63) is 41.7 Å². The first-order valence-corrected chi connectivity index (χ1v) is 10.2. The van der Waals surface area contributed by atoms with Crippen LogP contribution in [0.5, 0.6) is 5.75 Å². The number of amides is 1. The summed E-state index contributed by atoms with van der Waals surface area (Å²) in [7, 11) is 0. The summed E-state index contributed by atoms with van der Waals surface area (Å²) < 4.78 is 5.45. The predicted molar refractivity (Wildman–Crippen MR) is 112 cm³/mol. The number of nitrogens with one attached hydrogen (secondary N) is 1. The Kier molecular flexibility index (Phi) is 6.85. The lowest BCUT2D eigenvalue weighted by atomic mass is 10.1. The van der Waals surface area contributed by atoms with Crippen molar-refractivity contribution in [3.63, 3.8) is 0 Å². The van der Waals surface area contributed by atoms with Gasteiger partial charge in [-0.15, -0.1) is 0 Å². The molecule has 1 amide bonds. The number of rotatable bonds is 6. The number of carbonyl (C=O) groups is 1. The fraction of sp³-hybridized carbons (Fsp3) is 0.500. The minimum Gasteiger partial charge on any atom is -0.494 e. The Morgan fingerprint density at radius 3 is 2.39 bits per heavy atom. The van der Waals surface area contributed by atoms with Crippen molar-refractivity contribution in [2.24, 2.45) is 0 Å². The number of hydrogen-bond donors (Lipinski definition) is 1. The highest BCUT2D eigenvalue weighted by Gasteiger charge is 2.18. The Bertz CT molecular complexity index is 782. The highest BCUT2D eigenvalue weighted by molar-refractivity contribution is 6.03. The van der Waals surface area contributed by atoms with E-state index in [0.29, 0.717) is 18.2 Å². The minimum atomic E-state index is -0.218. The summed E-state index contributed by atoms with van der Waals surface area (Å²) in [5, 5.41) is 2.93. The van der Waals surface area contributed by atoms with Gasteiger partial charge < -0.3 is 15.0 Å². The standard InChI is InChI=1S/C22H30N4O2/c1-4-28-18-11-9-17(10-12-18)23-21(27)20-15-19(16(2)3)24-22(25-20)26-13-7-5-6-8-14-26/h9-12,15-16H,4-8,13-14H2,1-3H3,(H,23,27). The van der Waals surface area contributed by atoms with Gasteiger partial charge in [0.1, 0.15) is 11.4 Å². The van der Waals surface area contributed by atoms with Crippen molar-refractivity contribution in [1.82, 2.24) is 9.97 Å². The first-order chi connectivity index (χ1) is 13.6. The van der Waals surface area contributed by atoms with E-state index < -0.39 is 0 Å². The first-order valence-electron chi connectivity index (χ1n) is 10.2. The minimum absolute atomic E-state index is 0.218. The molecule has 3 rings (SSSR count). The van der Waals surface area contributed by atoms with Gasteiger partial charge in [-0.3, -0.25) is 4.79 Å². The molecule has 1 N–H and O–H groups in total. The second-order valence-corrected chi connectivity index (χ2v) is 7.45. The number of carbonyl (C=O) groups excluding carboxylic acids is 1.